The molecule has 0 aliphatic rings. The van der Waals surface area contributed by atoms with E-state index >= 15 is 0 Å². The molecule has 0 amide bonds. The first-order chi connectivity index (χ1) is 5.38. The van der Waals surface area contributed by atoms with Gasteiger partial charge < -0.3 is 5.11 Å². The van der Waals surface area contributed by atoms with Gasteiger partial charge in [0.1, 0.15) is 0 Å². The predicted molar refractivity (Wildman–Crippen MR) is 41.2 cm³/mol. The van der Waals surface area contributed by atoms with Gasteiger partial charge in [0.2, 0.25) is 0 Å². The van der Waals surface area contributed by atoms with Crippen LogP contribution < -0.4 is 74.0 Å². The van der Waals surface area contributed by atoms with E-state index in [1.54, 1.807) is 12.3 Å². The minimum absolute atomic E-state index is 0. The number of fused-ring (bicyclic) bond motifs is 1. The van der Waals surface area contributed by atoms with Crippen molar-refractivity contribution in [2.24, 2.45) is 0 Å². The second-order valence-corrected chi connectivity index (χ2v) is 2.33. The van der Waals surface area contributed by atoms with Crippen molar-refractivity contribution in [3.05, 3.63) is 36.5 Å². The second-order valence-electron chi connectivity index (χ2n) is 2.33. The summed E-state index contributed by atoms with van der Waals surface area (Å²) in [7, 11) is 0. The van der Waals surface area contributed by atoms with Crippen LogP contribution in [0.1, 0.15) is 0 Å². The molecule has 0 saturated carbocycles. The standard InChI is InChI=1S/C9H7NO.Cs/c11-8-5-1-3-7-4-2-6-10-9(7)8;/h1-6,11H;/q;+1/p-1. The van der Waals surface area contributed by atoms with Crippen LogP contribution in [0.4, 0.5) is 0 Å². The van der Waals surface area contributed by atoms with E-state index in [1.165, 1.54) is 6.07 Å². The molecule has 12 heavy (non-hydrogen) atoms. The fraction of sp³-hybridized carbons (Fsp3) is 0. The van der Waals surface area contributed by atoms with E-state index in [9.17, 15) is 5.11 Å². The number of para-hydroxylation sites is 1. The summed E-state index contributed by atoms with van der Waals surface area (Å²) in [5, 5.41) is 12.0. The van der Waals surface area contributed by atoms with Gasteiger partial charge in [-0.05, 0) is 11.5 Å². The minimum Gasteiger partial charge on any atom is -0.871 e. The minimum atomic E-state index is -0.0110. The van der Waals surface area contributed by atoms with Crippen LogP contribution in [-0.2, 0) is 0 Å². The van der Waals surface area contributed by atoms with Crippen molar-refractivity contribution in [1.82, 2.24) is 4.98 Å². The molecule has 1 heterocycles. The number of aromatic nitrogens is 1. The van der Waals surface area contributed by atoms with Gasteiger partial charge in [0.15, 0.2) is 0 Å². The Kier molecular flexibility index (Phi) is 4.09. The van der Waals surface area contributed by atoms with Gasteiger partial charge >= 0.3 is 68.9 Å². The first-order valence-electron chi connectivity index (χ1n) is 3.39. The van der Waals surface area contributed by atoms with Crippen LogP contribution in [0.3, 0.4) is 0 Å². The first kappa shape index (κ1) is 10.6. The Labute approximate surface area is 129 Å². The fourth-order valence-electron chi connectivity index (χ4n) is 1.08. The number of benzene rings is 1. The summed E-state index contributed by atoms with van der Waals surface area (Å²) < 4.78 is 0. The fourth-order valence-corrected chi connectivity index (χ4v) is 1.08. The summed E-state index contributed by atoms with van der Waals surface area (Å²) in [6.45, 7) is 0. The number of nitrogens with zero attached hydrogens (tertiary/aromatic N) is 1. The van der Waals surface area contributed by atoms with E-state index in [0.29, 0.717) is 5.52 Å². The van der Waals surface area contributed by atoms with E-state index < -0.39 is 0 Å². The van der Waals surface area contributed by atoms with E-state index in [4.69, 9.17) is 0 Å². The molecule has 0 bridgehead atoms. The number of pyridine rings is 1. The van der Waals surface area contributed by atoms with E-state index in [1.807, 2.05) is 18.2 Å². The summed E-state index contributed by atoms with van der Waals surface area (Å²) in [5.41, 5.74) is 0.551. The van der Waals surface area contributed by atoms with Crippen molar-refractivity contribution in [2.45, 2.75) is 0 Å². The molecule has 1 aromatic carbocycles. The van der Waals surface area contributed by atoms with E-state index in [0.717, 1.165) is 5.39 Å². The summed E-state index contributed by atoms with van der Waals surface area (Å²) >= 11 is 0. The van der Waals surface area contributed by atoms with Crippen LogP contribution in [-0.4, -0.2) is 4.98 Å². The molecule has 2 aromatic rings. The molecule has 2 rings (SSSR count). The normalized spacial score (nSPS) is 9.33. The Morgan fingerprint density at radius 2 is 1.83 bits per heavy atom. The van der Waals surface area contributed by atoms with Crippen molar-refractivity contribution in [2.75, 3.05) is 0 Å². The van der Waals surface area contributed by atoms with Gasteiger partial charge in [-0.25, -0.2) is 0 Å². The van der Waals surface area contributed by atoms with Gasteiger partial charge in [-0.3, -0.25) is 4.98 Å². The molecule has 0 fully saturated rings. The van der Waals surface area contributed by atoms with Crippen LogP contribution >= 0.6 is 0 Å². The van der Waals surface area contributed by atoms with E-state index in [-0.39, 0.29) is 74.6 Å². The number of rotatable bonds is 0. The topological polar surface area (TPSA) is 36.0 Å². The summed E-state index contributed by atoms with van der Waals surface area (Å²) in [5.74, 6) is -0.0110. The van der Waals surface area contributed by atoms with Gasteiger partial charge in [0, 0.05) is 6.20 Å². The molecule has 0 saturated heterocycles. The van der Waals surface area contributed by atoms with Crippen molar-refractivity contribution < 1.29 is 74.0 Å². The Hall–Kier alpha value is 0.482. The summed E-state index contributed by atoms with van der Waals surface area (Å²) in [6.07, 6.45) is 1.63. The predicted octanol–water partition coefficient (Wildman–Crippen LogP) is -1.69. The van der Waals surface area contributed by atoms with Gasteiger partial charge in [-0.2, -0.15) is 0 Å². The molecule has 2 nitrogen and oxygen atoms in total. The van der Waals surface area contributed by atoms with Crippen LogP contribution in [0.5, 0.6) is 5.75 Å². The molecule has 1 aromatic heterocycles. The van der Waals surface area contributed by atoms with Crippen molar-refractivity contribution in [1.29, 1.82) is 0 Å². The molecule has 0 N–H and O–H groups in total. The number of hydrogen-bond donors (Lipinski definition) is 0. The molecule has 0 atom stereocenters. The molecule has 54 valence electrons. The second kappa shape index (κ2) is 4.64. The average Bonchev–Trinajstić information content (AvgIpc) is 2.06. The Balaban J connectivity index is 0.000000720. The maximum absolute atomic E-state index is 11.1. The molecule has 0 aliphatic heterocycles. The number of hydrogen-bond acceptors (Lipinski definition) is 2. The zero-order chi connectivity index (χ0) is 7.68. The molecule has 0 unspecified atom stereocenters. The molecule has 0 aliphatic carbocycles. The average molecular weight is 277 g/mol. The van der Waals surface area contributed by atoms with Crippen LogP contribution in [0.15, 0.2) is 36.5 Å². The molecule has 0 spiro atoms. The van der Waals surface area contributed by atoms with Crippen LogP contribution in [0, 0.1) is 0 Å². The SMILES string of the molecule is [Cs+].[O-]c1cccc2cccnc12. The van der Waals surface area contributed by atoms with Gasteiger partial charge in [-0.15, -0.1) is 0 Å². The van der Waals surface area contributed by atoms with Gasteiger partial charge in [-0.1, -0.05) is 30.0 Å². The monoisotopic (exact) mass is 277 g/mol. The largest absolute Gasteiger partial charge is 1.00 e. The first-order valence-corrected chi connectivity index (χ1v) is 3.39. The van der Waals surface area contributed by atoms with E-state index in [2.05, 4.69) is 4.98 Å². The van der Waals surface area contributed by atoms with Crippen molar-refractivity contribution >= 4 is 10.9 Å². The van der Waals surface area contributed by atoms with Gasteiger partial charge in [0.05, 0.1) is 5.52 Å². The van der Waals surface area contributed by atoms with Gasteiger partial charge in [0.25, 0.3) is 0 Å². The summed E-state index contributed by atoms with van der Waals surface area (Å²) in [6, 6.07) is 8.84. The zero-order valence-electron chi connectivity index (χ0n) is 6.82. The van der Waals surface area contributed by atoms with Crippen LogP contribution in [0.25, 0.3) is 10.9 Å². The summed E-state index contributed by atoms with van der Waals surface area (Å²) in [4.78, 5) is 3.97. The molecular formula is C9H6CsNO. The van der Waals surface area contributed by atoms with Crippen molar-refractivity contribution in [3.63, 3.8) is 0 Å². The van der Waals surface area contributed by atoms with Crippen LogP contribution in [0.2, 0.25) is 0 Å². The zero-order valence-corrected chi connectivity index (χ0v) is 13.1. The third-order valence-electron chi connectivity index (χ3n) is 1.60. The maximum Gasteiger partial charge on any atom is 1.00 e. The van der Waals surface area contributed by atoms with Crippen molar-refractivity contribution in [3.8, 4) is 5.75 Å². The molecule has 0 radical (unpaired) electrons. The third-order valence-corrected chi connectivity index (χ3v) is 1.60. The molecular weight excluding hydrogens is 271 g/mol. The third kappa shape index (κ3) is 2.04. The Morgan fingerprint density at radius 3 is 2.58 bits per heavy atom. The smallest absolute Gasteiger partial charge is 0.871 e. The Bertz CT molecular complexity index is 384. The molecule has 3 heteroatoms. The quantitative estimate of drug-likeness (QED) is 0.576. The maximum atomic E-state index is 11.1. The Morgan fingerprint density at radius 1 is 1.08 bits per heavy atom.